The number of hydrogen-bond acceptors (Lipinski definition) is 3. The molecule has 2 aromatic carbocycles. The highest BCUT2D eigenvalue weighted by Crippen LogP contribution is 2.40. The Morgan fingerprint density at radius 2 is 1.95 bits per heavy atom. The summed E-state index contributed by atoms with van der Waals surface area (Å²) in [6.45, 7) is 2.70. The van der Waals surface area contributed by atoms with Gasteiger partial charge in [0.15, 0.2) is 11.5 Å². The minimum atomic E-state index is -0.110. The van der Waals surface area contributed by atoms with Gasteiger partial charge in [-0.15, -0.1) is 0 Å². The predicted octanol–water partition coefficient (Wildman–Crippen LogP) is 3.65. The van der Waals surface area contributed by atoms with Gasteiger partial charge in [0.05, 0.1) is 5.02 Å². The molecule has 5 heteroatoms. The second-order valence-corrected chi connectivity index (χ2v) is 5.75. The molecular weight excluding hydrogens is 302 g/mol. The van der Waals surface area contributed by atoms with Crippen LogP contribution in [0.2, 0.25) is 5.02 Å². The van der Waals surface area contributed by atoms with Gasteiger partial charge in [-0.25, -0.2) is 0 Å². The zero-order valence-electron chi connectivity index (χ0n) is 12.4. The zero-order chi connectivity index (χ0) is 15.7. The zero-order valence-corrected chi connectivity index (χ0v) is 13.2. The van der Waals surface area contributed by atoms with Crippen molar-refractivity contribution < 1.29 is 14.3 Å². The van der Waals surface area contributed by atoms with Crippen molar-refractivity contribution in [1.82, 2.24) is 4.90 Å². The third-order valence-electron chi connectivity index (χ3n) is 3.56. The summed E-state index contributed by atoms with van der Waals surface area (Å²) in [6, 6.07) is 11.4. The van der Waals surface area contributed by atoms with Gasteiger partial charge < -0.3 is 14.4 Å². The van der Waals surface area contributed by atoms with Crippen molar-refractivity contribution in [2.24, 2.45) is 0 Å². The highest BCUT2D eigenvalue weighted by atomic mass is 35.5. The molecule has 0 bridgehead atoms. The molecule has 0 aliphatic carbocycles. The predicted molar refractivity (Wildman–Crippen MR) is 84.6 cm³/mol. The smallest absolute Gasteiger partial charge is 0.254 e. The molecule has 0 unspecified atom stereocenters. The first-order valence-electron chi connectivity index (χ1n) is 6.95. The van der Waals surface area contributed by atoms with Crippen LogP contribution in [-0.2, 0) is 6.54 Å². The van der Waals surface area contributed by atoms with E-state index in [-0.39, 0.29) is 12.7 Å². The molecule has 0 atom stereocenters. The average Bonchev–Trinajstić information content (AvgIpc) is 2.97. The molecule has 0 N–H and O–H groups in total. The molecule has 0 spiro atoms. The number of hydrogen-bond donors (Lipinski definition) is 0. The van der Waals surface area contributed by atoms with E-state index in [1.165, 1.54) is 5.56 Å². The number of ether oxygens (including phenoxy) is 2. The first-order valence-corrected chi connectivity index (χ1v) is 7.32. The molecule has 3 rings (SSSR count). The molecule has 4 nitrogen and oxygen atoms in total. The van der Waals surface area contributed by atoms with Crippen molar-refractivity contribution in [2.75, 3.05) is 13.8 Å². The molecule has 1 heterocycles. The van der Waals surface area contributed by atoms with Crippen LogP contribution >= 0.6 is 11.6 Å². The van der Waals surface area contributed by atoms with E-state index in [0.29, 0.717) is 28.6 Å². The third kappa shape index (κ3) is 2.88. The van der Waals surface area contributed by atoms with E-state index in [4.69, 9.17) is 21.1 Å². The highest BCUT2D eigenvalue weighted by Gasteiger charge is 2.22. The monoisotopic (exact) mass is 317 g/mol. The lowest BCUT2D eigenvalue weighted by molar-refractivity contribution is 0.0784. The van der Waals surface area contributed by atoms with Gasteiger partial charge in [0.25, 0.3) is 5.91 Å². The lowest BCUT2D eigenvalue weighted by atomic mass is 10.1. The summed E-state index contributed by atoms with van der Waals surface area (Å²) in [5.41, 5.74) is 2.76. The van der Waals surface area contributed by atoms with Gasteiger partial charge in [0, 0.05) is 19.2 Å². The number of fused-ring (bicyclic) bond motifs is 1. The number of nitrogens with zero attached hydrogens (tertiary/aromatic N) is 1. The first kappa shape index (κ1) is 14.7. The van der Waals surface area contributed by atoms with Crippen LogP contribution in [0.25, 0.3) is 0 Å². The minimum absolute atomic E-state index is 0.110. The van der Waals surface area contributed by atoms with Crippen LogP contribution in [0.4, 0.5) is 0 Å². The third-order valence-corrected chi connectivity index (χ3v) is 3.84. The van der Waals surface area contributed by atoms with Crippen LogP contribution in [0.15, 0.2) is 36.4 Å². The first-order chi connectivity index (χ1) is 10.5. The fraction of sp³-hybridized carbons (Fsp3) is 0.235. The van der Waals surface area contributed by atoms with Crippen LogP contribution in [0.5, 0.6) is 11.5 Å². The van der Waals surface area contributed by atoms with Gasteiger partial charge >= 0.3 is 0 Å². The Labute approximate surface area is 134 Å². The maximum atomic E-state index is 12.5. The summed E-state index contributed by atoms with van der Waals surface area (Å²) in [5, 5.41) is 0.391. The van der Waals surface area contributed by atoms with Crippen molar-refractivity contribution in [3.8, 4) is 11.5 Å². The molecule has 1 aliphatic heterocycles. The molecule has 22 heavy (non-hydrogen) atoms. The van der Waals surface area contributed by atoms with Crippen molar-refractivity contribution in [3.05, 3.63) is 58.1 Å². The number of rotatable bonds is 3. The topological polar surface area (TPSA) is 38.8 Å². The van der Waals surface area contributed by atoms with Crippen molar-refractivity contribution in [1.29, 1.82) is 0 Å². The second-order valence-electron chi connectivity index (χ2n) is 5.34. The van der Waals surface area contributed by atoms with Crippen molar-refractivity contribution >= 4 is 17.5 Å². The summed E-state index contributed by atoms with van der Waals surface area (Å²) >= 11 is 6.13. The molecule has 2 aromatic rings. The van der Waals surface area contributed by atoms with Crippen LogP contribution < -0.4 is 9.47 Å². The largest absolute Gasteiger partial charge is 0.454 e. The van der Waals surface area contributed by atoms with Gasteiger partial charge in [0.2, 0.25) is 6.79 Å². The van der Waals surface area contributed by atoms with E-state index < -0.39 is 0 Å². The van der Waals surface area contributed by atoms with Gasteiger partial charge in [-0.05, 0) is 24.6 Å². The normalized spacial score (nSPS) is 12.3. The van der Waals surface area contributed by atoms with Gasteiger partial charge in [-0.3, -0.25) is 4.79 Å². The molecule has 1 aliphatic rings. The number of amides is 1. The van der Waals surface area contributed by atoms with Crippen LogP contribution in [0, 0.1) is 6.92 Å². The molecule has 114 valence electrons. The number of halogens is 1. The Morgan fingerprint density at radius 3 is 2.68 bits per heavy atom. The summed E-state index contributed by atoms with van der Waals surface area (Å²) < 4.78 is 10.6. The van der Waals surface area contributed by atoms with Crippen LogP contribution in [0.1, 0.15) is 21.5 Å². The van der Waals surface area contributed by atoms with Gasteiger partial charge in [-0.1, -0.05) is 41.4 Å². The summed E-state index contributed by atoms with van der Waals surface area (Å²) in [5.74, 6) is 0.903. The Kier molecular flexibility index (Phi) is 3.94. The van der Waals surface area contributed by atoms with E-state index in [0.717, 1.165) is 5.56 Å². The second kappa shape index (κ2) is 5.89. The van der Waals surface area contributed by atoms with Crippen molar-refractivity contribution in [2.45, 2.75) is 13.5 Å². The lowest BCUT2D eigenvalue weighted by Gasteiger charge is -2.18. The van der Waals surface area contributed by atoms with Gasteiger partial charge in [0.1, 0.15) is 0 Å². The molecule has 1 amide bonds. The quantitative estimate of drug-likeness (QED) is 0.867. The highest BCUT2D eigenvalue weighted by molar-refractivity contribution is 6.32. The fourth-order valence-corrected chi connectivity index (χ4v) is 2.62. The maximum absolute atomic E-state index is 12.5. The maximum Gasteiger partial charge on any atom is 0.254 e. The lowest BCUT2D eigenvalue weighted by Crippen LogP contribution is -2.26. The van der Waals surface area contributed by atoms with E-state index in [1.54, 1.807) is 24.1 Å². The molecular formula is C17H16ClNO3. The van der Waals surface area contributed by atoms with Crippen LogP contribution in [0.3, 0.4) is 0 Å². The Balaban J connectivity index is 1.78. The van der Waals surface area contributed by atoms with E-state index >= 15 is 0 Å². The Bertz CT molecular complexity index is 713. The fourth-order valence-electron chi connectivity index (χ4n) is 2.35. The number of carbonyl (C=O) groups excluding carboxylic acids is 1. The Morgan fingerprint density at radius 1 is 1.23 bits per heavy atom. The van der Waals surface area contributed by atoms with Crippen molar-refractivity contribution in [3.63, 3.8) is 0 Å². The van der Waals surface area contributed by atoms with E-state index in [1.807, 2.05) is 31.2 Å². The summed E-state index contributed by atoms with van der Waals surface area (Å²) in [7, 11) is 1.76. The molecule has 0 fully saturated rings. The molecule has 0 saturated heterocycles. The molecule has 0 aromatic heterocycles. The molecule has 0 saturated carbocycles. The van der Waals surface area contributed by atoms with E-state index in [2.05, 4.69) is 0 Å². The Hall–Kier alpha value is -2.20. The summed E-state index contributed by atoms with van der Waals surface area (Å²) in [6.07, 6.45) is 0. The number of aryl methyl sites for hydroxylation is 1. The average molecular weight is 318 g/mol. The standard InChI is InChI=1S/C17H16ClNO3/c1-11-3-5-12(6-4-11)9-19(2)17(20)13-7-14(18)16-15(8-13)21-10-22-16/h3-8H,9-10H2,1-2H3. The molecule has 0 radical (unpaired) electrons. The number of benzene rings is 2. The summed E-state index contributed by atoms with van der Waals surface area (Å²) in [4.78, 5) is 14.2. The van der Waals surface area contributed by atoms with E-state index in [9.17, 15) is 4.79 Å². The SMILES string of the molecule is Cc1ccc(CN(C)C(=O)c2cc(Cl)c3c(c2)OCO3)cc1. The van der Waals surface area contributed by atoms with Crippen LogP contribution in [-0.4, -0.2) is 24.6 Å². The minimum Gasteiger partial charge on any atom is -0.454 e. The number of carbonyl (C=O) groups is 1. The van der Waals surface area contributed by atoms with Gasteiger partial charge in [-0.2, -0.15) is 0 Å².